The van der Waals surface area contributed by atoms with Gasteiger partial charge in [0.2, 0.25) is 0 Å². The first-order valence-corrected chi connectivity index (χ1v) is 8.70. The van der Waals surface area contributed by atoms with Crippen LogP contribution >= 0.6 is 0 Å². The van der Waals surface area contributed by atoms with Crippen molar-refractivity contribution in [2.24, 2.45) is 4.99 Å². The highest BCUT2D eigenvalue weighted by Gasteiger charge is 2.04. The van der Waals surface area contributed by atoms with Crippen LogP contribution in [0, 0.1) is 0 Å². The molecule has 2 N–H and O–H groups in total. The van der Waals surface area contributed by atoms with Gasteiger partial charge in [-0.15, -0.1) is 0 Å². The third kappa shape index (κ3) is 7.33. The summed E-state index contributed by atoms with van der Waals surface area (Å²) in [6.45, 7) is 6.39. The molecule has 1 aliphatic heterocycles. The number of aryl methyl sites for hydroxylation is 1. The zero-order valence-electron chi connectivity index (χ0n) is 14.2. The topological polar surface area (TPSA) is 45.7 Å². The molecule has 0 spiro atoms. The van der Waals surface area contributed by atoms with Crippen LogP contribution < -0.4 is 10.6 Å². The largest absolute Gasteiger partial charge is 0.377 e. The van der Waals surface area contributed by atoms with Crippen molar-refractivity contribution in [2.45, 2.75) is 32.6 Å². The molecule has 0 atom stereocenters. The minimum Gasteiger partial charge on any atom is -0.377 e. The zero-order valence-corrected chi connectivity index (χ0v) is 14.2. The van der Waals surface area contributed by atoms with Crippen LogP contribution in [0.25, 0.3) is 0 Å². The van der Waals surface area contributed by atoms with Crippen molar-refractivity contribution in [3.63, 3.8) is 0 Å². The maximum absolute atomic E-state index is 5.33. The predicted octanol–water partition coefficient (Wildman–Crippen LogP) is 2.91. The Morgan fingerprint density at radius 1 is 1.17 bits per heavy atom. The van der Waals surface area contributed by atoms with Gasteiger partial charge < -0.3 is 15.4 Å². The smallest absolute Gasteiger partial charge is 0.191 e. The summed E-state index contributed by atoms with van der Waals surface area (Å²) in [5.41, 5.74) is 2.87. The van der Waals surface area contributed by atoms with Crippen molar-refractivity contribution in [1.29, 1.82) is 0 Å². The fourth-order valence-corrected chi connectivity index (χ4v) is 2.59. The molecule has 0 amide bonds. The Bertz CT molecular complexity index is 497. The number of hydrogen-bond donors (Lipinski definition) is 2. The lowest BCUT2D eigenvalue weighted by atomic mass is 10.1. The van der Waals surface area contributed by atoms with E-state index in [1.165, 1.54) is 11.1 Å². The highest BCUT2D eigenvalue weighted by molar-refractivity contribution is 5.79. The van der Waals surface area contributed by atoms with Gasteiger partial charge in [-0.05, 0) is 38.2 Å². The van der Waals surface area contributed by atoms with E-state index in [2.05, 4.69) is 59.0 Å². The molecule has 1 aliphatic rings. The lowest BCUT2D eigenvalue weighted by molar-refractivity contribution is 0.153. The van der Waals surface area contributed by atoms with Crippen LogP contribution in [0.1, 0.15) is 31.7 Å². The Labute approximate surface area is 140 Å². The van der Waals surface area contributed by atoms with Gasteiger partial charge in [0.25, 0.3) is 0 Å². The molecular weight excluding hydrogens is 286 g/mol. The summed E-state index contributed by atoms with van der Waals surface area (Å²) >= 11 is 0. The van der Waals surface area contributed by atoms with Crippen LogP contribution in [-0.2, 0) is 11.2 Å². The first-order valence-electron chi connectivity index (χ1n) is 8.70. The van der Waals surface area contributed by atoms with Crippen molar-refractivity contribution in [3.05, 3.63) is 47.5 Å². The molecule has 0 fully saturated rings. The van der Waals surface area contributed by atoms with Crippen molar-refractivity contribution in [1.82, 2.24) is 10.6 Å². The Hall–Kier alpha value is -1.81. The van der Waals surface area contributed by atoms with Gasteiger partial charge in [-0.1, -0.05) is 42.0 Å². The molecule has 0 bridgehead atoms. The standard InChI is InChI=1S/C19H29N3O/c1-2-20-19(22-14-10-18-11-15-23-16-12-18)21-13-6-9-17-7-4-3-5-8-17/h3-5,7-8,11H,2,6,9-10,12-16H2,1H3,(H2,20,21,22). The minimum atomic E-state index is 0.767. The summed E-state index contributed by atoms with van der Waals surface area (Å²) in [5.74, 6) is 0.924. The fraction of sp³-hybridized carbons (Fsp3) is 0.526. The van der Waals surface area contributed by atoms with E-state index in [-0.39, 0.29) is 0 Å². The lowest BCUT2D eigenvalue weighted by Gasteiger charge is -2.15. The molecule has 1 aromatic carbocycles. The van der Waals surface area contributed by atoms with E-state index in [1.54, 1.807) is 0 Å². The highest BCUT2D eigenvalue weighted by atomic mass is 16.5. The van der Waals surface area contributed by atoms with Gasteiger partial charge in [0.05, 0.1) is 13.2 Å². The maximum Gasteiger partial charge on any atom is 0.191 e. The first-order chi connectivity index (χ1) is 11.4. The molecule has 4 heteroatoms. The monoisotopic (exact) mass is 315 g/mol. The van der Waals surface area contributed by atoms with Crippen LogP contribution in [-0.4, -0.2) is 38.8 Å². The predicted molar refractivity (Wildman–Crippen MR) is 96.9 cm³/mol. The van der Waals surface area contributed by atoms with Gasteiger partial charge >= 0.3 is 0 Å². The third-order valence-corrected chi connectivity index (χ3v) is 3.88. The average Bonchev–Trinajstić information content (AvgIpc) is 2.60. The van der Waals surface area contributed by atoms with Crippen molar-refractivity contribution in [2.75, 3.05) is 32.8 Å². The number of rotatable bonds is 8. The quantitative estimate of drug-likeness (QED) is 0.335. The number of nitrogens with zero attached hydrogens (tertiary/aromatic N) is 1. The van der Waals surface area contributed by atoms with Gasteiger partial charge in [0.15, 0.2) is 5.96 Å². The Kier molecular flexibility index (Phi) is 8.27. The molecule has 0 radical (unpaired) electrons. The summed E-state index contributed by atoms with van der Waals surface area (Å²) in [6, 6.07) is 10.6. The van der Waals surface area contributed by atoms with E-state index in [1.807, 2.05) is 0 Å². The SMILES string of the molecule is CCNC(=NCCCc1ccccc1)NCCC1=CCOCC1. The average molecular weight is 315 g/mol. The van der Waals surface area contributed by atoms with Crippen LogP contribution in [0.3, 0.4) is 0 Å². The van der Waals surface area contributed by atoms with E-state index in [4.69, 9.17) is 4.74 Å². The molecule has 1 aromatic rings. The van der Waals surface area contributed by atoms with E-state index in [0.29, 0.717) is 0 Å². The second-order valence-corrected chi connectivity index (χ2v) is 5.71. The van der Waals surface area contributed by atoms with E-state index in [0.717, 1.165) is 64.5 Å². The molecular formula is C19H29N3O. The molecule has 1 heterocycles. The number of guanidine groups is 1. The summed E-state index contributed by atoms with van der Waals surface area (Å²) in [6.07, 6.45) is 6.49. The van der Waals surface area contributed by atoms with Crippen molar-refractivity contribution < 1.29 is 4.74 Å². The molecule has 0 unspecified atom stereocenters. The minimum absolute atomic E-state index is 0.767. The number of aliphatic imine (C=N–C) groups is 1. The number of hydrogen-bond acceptors (Lipinski definition) is 2. The van der Waals surface area contributed by atoms with Crippen molar-refractivity contribution >= 4 is 5.96 Å². The van der Waals surface area contributed by atoms with Crippen LogP contribution in [0.2, 0.25) is 0 Å². The zero-order chi connectivity index (χ0) is 16.2. The molecule has 4 nitrogen and oxygen atoms in total. The Morgan fingerprint density at radius 2 is 2.04 bits per heavy atom. The molecule has 2 rings (SSSR count). The normalized spacial score (nSPS) is 15.2. The van der Waals surface area contributed by atoms with Crippen molar-refractivity contribution in [3.8, 4) is 0 Å². The van der Waals surface area contributed by atoms with Gasteiger partial charge in [-0.2, -0.15) is 0 Å². The summed E-state index contributed by atoms with van der Waals surface area (Å²) in [5, 5.41) is 6.74. The van der Waals surface area contributed by atoms with E-state index < -0.39 is 0 Å². The number of ether oxygens (including phenoxy) is 1. The second kappa shape index (κ2) is 10.8. The van der Waals surface area contributed by atoms with Crippen LogP contribution in [0.5, 0.6) is 0 Å². The Morgan fingerprint density at radius 3 is 2.78 bits per heavy atom. The second-order valence-electron chi connectivity index (χ2n) is 5.71. The summed E-state index contributed by atoms with van der Waals surface area (Å²) < 4.78 is 5.33. The number of benzene rings is 1. The highest BCUT2D eigenvalue weighted by Crippen LogP contribution is 2.10. The molecule has 0 saturated heterocycles. The van der Waals surface area contributed by atoms with E-state index >= 15 is 0 Å². The van der Waals surface area contributed by atoms with E-state index in [9.17, 15) is 0 Å². The molecule has 0 aromatic heterocycles. The molecule has 126 valence electrons. The van der Waals surface area contributed by atoms with Gasteiger partial charge in [0.1, 0.15) is 0 Å². The van der Waals surface area contributed by atoms with Gasteiger partial charge in [-0.3, -0.25) is 4.99 Å². The first kappa shape index (κ1) is 17.5. The van der Waals surface area contributed by atoms with Crippen LogP contribution in [0.4, 0.5) is 0 Å². The summed E-state index contributed by atoms with van der Waals surface area (Å²) in [4.78, 5) is 4.66. The fourth-order valence-electron chi connectivity index (χ4n) is 2.59. The van der Waals surface area contributed by atoms with Gasteiger partial charge in [0, 0.05) is 19.6 Å². The molecule has 0 aliphatic carbocycles. The Balaban J connectivity index is 1.68. The van der Waals surface area contributed by atoms with Gasteiger partial charge in [-0.25, -0.2) is 0 Å². The maximum atomic E-state index is 5.33. The lowest BCUT2D eigenvalue weighted by Crippen LogP contribution is -2.38. The summed E-state index contributed by atoms with van der Waals surface area (Å²) in [7, 11) is 0. The molecule has 23 heavy (non-hydrogen) atoms. The molecule has 0 saturated carbocycles. The third-order valence-electron chi connectivity index (χ3n) is 3.88. The van der Waals surface area contributed by atoms with Crippen LogP contribution in [0.15, 0.2) is 47.0 Å². The number of nitrogens with one attached hydrogen (secondary N) is 2.